The predicted octanol–water partition coefficient (Wildman–Crippen LogP) is 20.2. The molecule has 91 heavy (non-hydrogen) atoms. The molecule has 534 valence electrons. The number of aliphatic hydroxyl groups excluding tert-OH is 2. The number of carbonyl (C=O) groups is 2. The largest absolute Gasteiger partial charge is 0.481 e. The molecule has 0 aromatic carbocycles. The summed E-state index contributed by atoms with van der Waals surface area (Å²) >= 11 is 0. The molecule has 2 aliphatic heterocycles. The Morgan fingerprint density at radius 2 is 0.945 bits per heavy atom. The van der Waals surface area contributed by atoms with Gasteiger partial charge in [-0.3, -0.25) is 9.59 Å². The molecular weight excluding hydrogens is 1200 g/mol. The smallest absolute Gasteiger partial charge is 0.306 e. The number of unbranched alkanes of at least 4 members (excludes halogenated alkanes) is 12. The number of aliphatic carboxylic acids is 1. The van der Waals surface area contributed by atoms with E-state index in [0.717, 1.165) is 122 Å². The van der Waals surface area contributed by atoms with Crippen molar-refractivity contribution in [3.05, 3.63) is 24.3 Å². The van der Waals surface area contributed by atoms with Gasteiger partial charge in [-0.2, -0.15) is 0 Å². The quantitative estimate of drug-likeness (QED) is 0.0175. The van der Waals surface area contributed by atoms with Crippen molar-refractivity contribution >= 4 is 28.6 Å². The van der Waals surface area contributed by atoms with Crippen LogP contribution >= 0.6 is 0 Å². The molecule has 2 aliphatic carbocycles. The van der Waals surface area contributed by atoms with Crippen molar-refractivity contribution in [1.29, 1.82) is 0 Å². The highest BCUT2D eigenvalue weighted by molar-refractivity contribution is 6.74. The third kappa shape index (κ3) is 31.6. The molecule has 2 saturated carbocycles. The first-order valence-electron chi connectivity index (χ1n) is 36.5. The van der Waals surface area contributed by atoms with Crippen LogP contribution in [0, 0.1) is 23.7 Å². The second-order valence-electron chi connectivity index (χ2n) is 30.8. The van der Waals surface area contributed by atoms with Crippen LogP contribution in [0.3, 0.4) is 0 Å². The SMILES string of the molecule is CCCCCCC(F)(F)C(CC[C@H]1C(OC2CCCCO2)CC(O)C1C/C=C\CCCCCC(=O)O)O[Si](C)(C)C(C)(C)C.CCCCCCC(F)(F)C(CC[C@H]1C(OC2CCCCO2)CC(O)C1C/C=C\CCCCCC(=O)OC(C)C)O[Si](C)(C)C(C)(C)C. The second-order valence-corrected chi connectivity index (χ2v) is 40.3. The van der Waals surface area contributed by atoms with E-state index in [9.17, 15) is 19.8 Å². The van der Waals surface area contributed by atoms with Gasteiger partial charge in [-0.25, -0.2) is 17.6 Å². The van der Waals surface area contributed by atoms with Crippen molar-refractivity contribution in [1.82, 2.24) is 0 Å². The maximum atomic E-state index is 16.0. The summed E-state index contributed by atoms with van der Waals surface area (Å²) in [6.07, 6.45) is 27.4. The van der Waals surface area contributed by atoms with Gasteiger partial charge in [-0.1, -0.05) is 131 Å². The van der Waals surface area contributed by atoms with Gasteiger partial charge in [0.25, 0.3) is 11.8 Å². The molecule has 3 N–H and O–H groups in total. The van der Waals surface area contributed by atoms with Crippen LogP contribution < -0.4 is 0 Å². The van der Waals surface area contributed by atoms with E-state index in [4.69, 9.17) is 37.6 Å². The summed E-state index contributed by atoms with van der Waals surface area (Å²) in [5.41, 5.74) is 0. The second kappa shape index (κ2) is 42.2. The molecule has 2 heterocycles. The molecule has 0 radical (unpaired) electrons. The van der Waals surface area contributed by atoms with Crippen molar-refractivity contribution in [2.24, 2.45) is 23.7 Å². The average Bonchev–Trinajstić information content (AvgIpc) is 1.84. The number of carboxylic acids is 1. The predicted molar refractivity (Wildman–Crippen MR) is 365 cm³/mol. The molecular formula is C73H134F4O12Si2. The topological polar surface area (TPSA) is 159 Å². The fraction of sp³-hybridized carbons (Fsp3) is 0.918. The Hall–Kier alpha value is -1.75. The number of esters is 1. The highest BCUT2D eigenvalue weighted by Crippen LogP contribution is 2.48. The minimum atomic E-state index is -2.92. The van der Waals surface area contributed by atoms with Gasteiger partial charge in [-0.05, 0) is 202 Å². The standard InChI is InChI=1S/C38H70F2O6Si.C35H64F2O6Si/c1-9-10-11-19-26-38(39,40)34(46-47(7,8)37(4,5)6)25-24-31-30(32(41)28-33(31)45-36-23-18-20-27-43-36)21-16-14-12-13-15-17-22-35(42)44-29(2)3;1-7-8-9-17-24-35(36,37)31(43-44(5,6)34(2,3)4)23-22-28-27(19-14-12-10-11-13-15-20-32(39)40)29(38)26-30(28)42-33-21-16-18-25-41-33/h14,16,29-34,36,41H,9-13,15,17-28H2,1-8H3;12,14,27-31,33,38H,7-11,13,15-26H2,1-6H3,(H,39,40)/b16-14-;14-12-/t30?,31-,32?,33?,34?,36?;27?,28-,29?,30?,31?,33?/m11/s1. The third-order valence-corrected chi connectivity index (χ3v) is 29.6. The molecule has 2 saturated heterocycles. The number of halogens is 4. The molecule has 12 nitrogen and oxygen atoms in total. The monoisotopic (exact) mass is 1330 g/mol. The lowest BCUT2D eigenvalue weighted by Crippen LogP contribution is -2.49. The lowest BCUT2D eigenvalue weighted by Gasteiger charge is -2.42. The number of ether oxygens (including phenoxy) is 5. The lowest BCUT2D eigenvalue weighted by atomic mass is 9.85. The lowest BCUT2D eigenvalue weighted by molar-refractivity contribution is -0.197. The average molecular weight is 1340 g/mol. The number of alkyl halides is 4. The molecule has 0 spiro atoms. The van der Waals surface area contributed by atoms with Crippen molar-refractivity contribution in [2.75, 3.05) is 13.2 Å². The van der Waals surface area contributed by atoms with E-state index in [1.807, 2.05) is 26.9 Å². The Kier molecular flexibility index (Phi) is 38.7. The molecule has 18 heteroatoms. The van der Waals surface area contributed by atoms with Crippen LogP contribution in [0.15, 0.2) is 24.3 Å². The van der Waals surface area contributed by atoms with Crippen molar-refractivity contribution in [2.45, 2.75) is 391 Å². The molecule has 0 aromatic rings. The highest BCUT2D eigenvalue weighted by Gasteiger charge is 2.51. The number of hydrogen-bond acceptors (Lipinski definition) is 11. The van der Waals surface area contributed by atoms with Gasteiger partial charge in [0.15, 0.2) is 29.2 Å². The number of allylic oxidation sites excluding steroid dienone is 4. The fourth-order valence-electron chi connectivity index (χ4n) is 13.0. The van der Waals surface area contributed by atoms with Gasteiger partial charge in [0.05, 0.1) is 30.5 Å². The summed E-state index contributed by atoms with van der Waals surface area (Å²) < 4.78 is 107. The summed E-state index contributed by atoms with van der Waals surface area (Å²) in [5.74, 6) is -7.02. The molecule has 4 fully saturated rings. The van der Waals surface area contributed by atoms with Gasteiger partial charge in [-0.15, -0.1) is 0 Å². The summed E-state index contributed by atoms with van der Waals surface area (Å²) in [6.45, 7) is 30.0. The van der Waals surface area contributed by atoms with Crippen LogP contribution in [-0.2, 0) is 42.1 Å². The molecule has 12 atom stereocenters. The van der Waals surface area contributed by atoms with Gasteiger partial charge in [0.2, 0.25) is 0 Å². The minimum Gasteiger partial charge on any atom is -0.481 e. The van der Waals surface area contributed by atoms with Gasteiger partial charge in [0, 0.05) is 51.7 Å². The first-order chi connectivity index (χ1) is 42.7. The van der Waals surface area contributed by atoms with Crippen LogP contribution in [0.5, 0.6) is 0 Å². The van der Waals surface area contributed by atoms with Crippen LogP contribution in [0.2, 0.25) is 36.3 Å². The summed E-state index contributed by atoms with van der Waals surface area (Å²) in [6, 6.07) is 0. The molecule has 4 rings (SSSR count). The summed E-state index contributed by atoms with van der Waals surface area (Å²) in [7, 11) is -4.93. The zero-order valence-corrected chi connectivity index (χ0v) is 61.8. The molecule has 0 amide bonds. The van der Waals surface area contributed by atoms with Crippen molar-refractivity contribution < 1.29 is 75.0 Å². The fourth-order valence-corrected chi connectivity index (χ4v) is 15.7. The first-order valence-corrected chi connectivity index (χ1v) is 42.3. The van der Waals surface area contributed by atoms with E-state index in [1.165, 1.54) is 0 Å². The molecule has 0 aromatic heterocycles. The van der Waals surface area contributed by atoms with E-state index in [2.05, 4.69) is 92.8 Å². The van der Waals surface area contributed by atoms with Gasteiger partial charge < -0.3 is 47.9 Å². The Bertz CT molecular complexity index is 2020. The zero-order valence-electron chi connectivity index (χ0n) is 59.8. The third-order valence-electron chi connectivity index (χ3n) is 20.6. The van der Waals surface area contributed by atoms with Crippen molar-refractivity contribution in [3.63, 3.8) is 0 Å². The normalized spacial score (nSPS) is 25.5. The van der Waals surface area contributed by atoms with Crippen LogP contribution in [0.25, 0.3) is 0 Å². The molecule has 0 bridgehead atoms. The number of carbonyl (C=O) groups excluding carboxylic acids is 1. The minimum absolute atomic E-state index is 0.0615. The maximum Gasteiger partial charge on any atom is 0.306 e. The van der Waals surface area contributed by atoms with Crippen LogP contribution in [0.4, 0.5) is 17.6 Å². The summed E-state index contributed by atoms with van der Waals surface area (Å²) in [5, 5.41) is 30.9. The van der Waals surface area contributed by atoms with Crippen LogP contribution in [-0.4, -0.2) is 124 Å². The molecule has 10 unspecified atom stereocenters. The Morgan fingerprint density at radius 1 is 0.549 bits per heavy atom. The number of hydrogen-bond donors (Lipinski definition) is 3. The van der Waals surface area contributed by atoms with E-state index in [1.54, 1.807) is 0 Å². The highest BCUT2D eigenvalue weighted by atomic mass is 28.4. The number of rotatable bonds is 43. The number of carboxylic acid groups (broad SMARTS) is 1. The van der Waals surface area contributed by atoms with E-state index in [0.29, 0.717) is 77.4 Å². The van der Waals surface area contributed by atoms with Gasteiger partial charge in [0.1, 0.15) is 12.2 Å². The Morgan fingerprint density at radius 3 is 1.30 bits per heavy atom. The van der Waals surface area contributed by atoms with E-state index in [-0.39, 0.29) is 103 Å². The number of aliphatic hydroxyl groups is 2. The van der Waals surface area contributed by atoms with E-state index < -0.39 is 58.9 Å². The van der Waals surface area contributed by atoms with Crippen molar-refractivity contribution in [3.8, 4) is 0 Å². The van der Waals surface area contributed by atoms with Gasteiger partial charge >= 0.3 is 11.9 Å². The summed E-state index contributed by atoms with van der Waals surface area (Å²) in [4.78, 5) is 22.5. The van der Waals surface area contributed by atoms with Crippen LogP contribution in [0.1, 0.15) is 288 Å². The molecule has 4 aliphatic rings. The Balaban J connectivity index is 0.000000476. The first kappa shape index (κ1) is 83.5. The Labute approximate surface area is 553 Å². The van der Waals surface area contributed by atoms with E-state index >= 15 is 17.6 Å². The zero-order chi connectivity index (χ0) is 67.9. The maximum absolute atomic E-state index is 16.0.